The minimum Gasteiger partial charge on any atom is -0.348 e. The summed E-state index contributed by atoms with van der Waals surface area (Å²) in [4.78, 5) is 31.4. The van der Waals surface area contributed by atoms with Crippen LogP contribution in [-0.2, 0) is 0 Å². The molecule has 0 aliphatic heterocycles. The predicted octanol–water partition coefficient (Wildman–Crippen LogP) is 2.86. The van der Waals surface area contributed by atoms with Crippen molar-refractivity contribution in [3.05, 3.63) is 47.8 Å². The zero-order chi connectivity index (χ0) is 16.9. The summed E-state index contributed by atoms with van der Waals surface area (Å²) in [7, 11) is 0. The third-order valence-electron chi connectivity index (χ3n) is 4.12. The Hall–Kier alpha value is -2.70. The Balaban J connectivity index is 1.68. The zero-order valence-corrected chi connectivity index (χ0v) is 13.1. The molecule has 24 heavy (non-hydrogen) atoms. The summed E-state index contributed by atoms with van der Waals surface area (Å²) in [6.07, 6.45) is 6.63. The average molecular weight is 330 g/mol. The number of amides is 2. The zero-order valence-electron chi connectivity index (χ0n) is 13.1. The second-order valence-corrected chi connectivity index (χ2v) is 5.90. The molecule has 2 amide bonds. The van der Waals surface area contributed by atoms with E-state index in [9.17, 15) is 14.0 Å². The number of hydrogen-bond acceptors (Lipinski definition) is 3. The van der Waals surface area contributed by atoms with Crippen molar-refractivity contribution in [3.63, 3.8) is 0 Å². The molecule has 126 valence electrons. The van der Waals surface area contributed by atoms with E-state index in [0.717, 1.165) is 25.7 Å². The smallest absolute Gasteiger partial charge is 0.276 e. The highest BCUT2D eigenvalue weighted by Gasteiger charge is 2.23. The molecule has 1 aromatic carbocycles. The van der Waals surface area contributed by atoms with Gasteiger partial charge in [0.2, 0.25) is 0 Å². The molecule has 1 fully saturated rings. The molecule has 0 atom stereocenters. The average Bonchev–Trinajstić information content (AvgIpc) is 3.08. The maximum atomic E-state index is 12.9. The Kier molecular flexibility index (Phi) is 4.88. The van der Waals surface area contributed by atoms with Gasteiger partial charge in [0.05, 0.1) is 6.33 Å². The highest BCUT2D eigenvalue weighted by molar-refractivity contribution is 6.10. The maximum absolute atomic E-state index is 12.9. The number of imidazole rings is 1. The molecule has 6 nitrogen and oxygen atoms in total. The van der Waals surface area contributed by atoms with E-state index in [0.29, 0.717) is 5.69 Å². The first kappa shape index (κ1) is 16.2. The van der Waals surface area contributed by atoms with Gasteiger partial charge in [0.1, 0.15) is 11.5 Å². The lowest BCUT2D eigenvalue weighted by molar-refractivity contribution is 0.0912. The van der Waals surface area contributed by atoms with Gasteiger partial charge in [0, 0.05) is 11.7 Å². The first-order valence-corrected chi connectivity index (χ1v) is 8.04. The van der Waals surface area contributed by atoms with Crippen molar-refractivity contribution in [2.75, 3.05) is 5.32 Å². The monoisotopic (exact) mass is 330 g/mol. The van der Waals surface area contributed by atoms with Gasteiger partial charge in [-0.15, -0.1) is 0 Å². The third kappa shape index (κ3) is 3.79. The van der Waals surface area contributed by atoms with Crippen LogP contribution in [0.25, 0.3) is 0 Å². The van der Waals surface area contributed by atoms with Crippen molar-refractivity contribution < 1.29 is 14.0 Å². The number of halogens is 1. The van der Waals surface area contributed by atoms with Crippen molar-refractivity contribution in [1.29, 1.82) is 0 Å². The van der Waals surface area contributed by atoms with Gasteiger partial charge in [-0.05, 0) is 37.1 Å². The van der Waals surface area contributed by atoms with Gasteiger partial charge in [-0.3, -0.25) is 9.59 Å². The van der Waals surface area contributed by atoms with Gasteiger partial charge in [-0.25, -0.2) is 9.37 Å². The second kappa shape index (κ2) is 7.25. The van der Waals surface area contributed by atoms with Crippen LogP contribution in [0.15, 0.2) is 30.6 Å². The Morgan fingerprint density at radius 3 is 2.50 bits per heavy atom. The summed E-state index contributed by atoms with van der Waals surface area (Å²) in [6.45, 7) is 0. The minimum atomic E-state index is -0.517. The van der Waals surface area contributed by atoms with E-state index in [-0.39, 0.29) is 29.2 Å². The number of benzene rings is 1. The Labute approximate surface area is 138 Å². The minimum absolute atomic E-state index is 0.0210. The van der Waals surface area contributed by atoms with Gasteiger partial charge >= 0.3 is 0 Å². The molecular weight excluding hydrogens is 311 g/mol. The molecular formula is C17H19FN4O2. The quantitative estimate of drug-likeness (QED) is 0.805. The van der Waals surface area contributed by atoms with E-state index in [1.165, 1.54) is 37.0 Å². The van der Waals surface area contributed by atoms with Crippen molar-refractivity contribution in [2.45, 2.75) is 38.1 Å². The van der Waals surface area contributed by atoms with Crippen LogP contribution >= 0.6 is 0 Å². The summed E-state index contributed by atoms with van der Waals surface area (Å²) in [6, 6.07) is 5.53. The van der Waals surface area contributed by atoms with Gasteiger partial charge in [-0.1, -0.05) is 19.3 Å². The fourth-order valence-corrected chi connectivity index (χ4v) is 2.87. The summed E-state index contributed by atoms with van der Waals surface area (Å²) in [5.74, 6) is -1.24. The lowest BCUT2D eigenvalue weighted by Gasteiger charge is -2.22. The molecule has 2 aromatic rings. The molecule has 0 saturated heterocycles. The van der Waals surface area contributed by atoms with Crippen LogP contribution in [0.5, 0.6) is 0 Å². The standard InChI is InChI=1S/C17H19FN4O2/c18-11-6-8-13(9-7-11)22-17(24)15-14(19-10-20-15)16(23)21-12-4-2-1-3-5-12/h6-10,12H,1-5H2,(H,19,20)(H,21,23)(H,22,24). The Bertz CT molecular complexity index is 720. The third-order valence-corrected chi connectivity index (χ3v) is 4.12. The number of aromatic amines is 1. The summed E-state index contributed by atoms with van der Waals surface area (Å²) < 4.78 is 12.9. The van der Waals surface area contributed by atoms with Crippen molar-refractivity contribution >= 4 is 17.5 Å². The van der Waals surface area contributed by atoms with E-state index in [1.54, 1.807) is 0 Å². The molecule has 0 unspecified atom stereocenters. The molecule has 1 aliphatic carbocycles. The highest BCUT2D eigenvalue weighted by Crippen LogP contribution is 2.18. The Morgan fingerprint density at radius 2 is 1.79 bits per heavy atom. The number of carbonyl (C=O) groups is 2. The molecule has 1 saturated carbocycles. The number of carbonyl (C=O) groups excluding carboxylic acids is 2. The lowest BCUT2D eigenvalue weighted by Crippen LogP contribution is -2.37. The number of rotatable bonds is 4. The molecule has 1 aromatic heterocycles. The molecule has 0 spiro atoms. The number of aromatic nitrogens is 2. The van der Waals surface area contributed by atoms with Crippen LogP contribution < -0.4 is 10.6 Å². The molecule has 0 bridgehead atoms. The summed E-state index contributed by atoms with van der Waals surface area (Å²) in [5.41, 5.74) is 0.593. The maximum Gasteiger partial charge on any atom is 0.276 e. The van der Waals surface area contributed by atoms with E-state index in [2.05, 4.69) is 20.6 Å². The molecule has 3 rings (SSSR count). The summed E-state index contributed by atoms with van der Waals surface area (Å²) >= 11 is 0. The topological polar surface area (TPSA) is 86.9 Å². The number of nitrogens with zero attached hydrogens (tertiary/aromatic N) is 1. The first-order valence-electron chi connectivity index (χ1n) is 8.04. The van der Waals surface area contributed by atoms with Crippen molar-refractivity contribution in [1.82, 2.24) is 15.3 Å². The molecule has 0 radical (unpaired) electrons. The van der Waals surface area contributed by atoms with Gasteiger partial charge in [0.15, 0.2) is 5.69 Å². The largest absolute Gasteiger partial charge is 0.348 e. The van der Waals surface area contributed by atoms with Gasteiger partial charge < -0.3 is 15.6 Å². The van der Waals surface area contributed by atoms with Crippen molar-refractivity contribution in [3.8, 4) is 0 Å². The normalized spacial score (nSPS) is 15.0. The first-order chi connectivity index (χ1) is 11.6. The van der Waals surface area contributed by atoms with E-state index in [1.807, 2.05) is 0 Å². The fourth-order valence-electron chi connectivity index (χ4n) is 2.87. The van der Waals surface area contributed by atoms with E-state index >= 15 is 0 Å². The van der Waals surface area contributed by atoms with Crippen LogP contribution in [0.1, 0.15) is 53.1 Å². The highest BCUT2D eigenvalue weighted by atomic mass is 19.1. The fraction of sp³-hybridized carbons (Fsp3) is 0.353. The van der Waals surface area contributed by atoms with Crippen LogP contribution in [0.4, 0.5) is 10.1 Å². The van der Waals surface area contributed by atoms with Crippen LogP contribution in [-0.4, -0.2) is 27.8 Å². The van der Waals surface area contributed by atoms with Crippen molar-refractivity contribution in [2.24, 2.45) is 0 Å². The van der Waals surface area contributed by atoms with E-state index in [4.69, 9.17) is 0 Å². The molecule has 1 aliphatic rings. The predicted molar refractivity (Wildman–Crippen MR) is 87.3 cm³/mol. The van der Waals surface area contributed by atoms with Crippen LogP contribution in [0.2, 0.25) is 0 Å². The number of hydrogen-bond donors (Lipinski definition) is 3. The number of H-pyrrole nitrogens is 1. The summed E-state index contributed by atoms with van der Waals surface area (Å²) in [5, 5.41) is 5.55. The van der Waals surface area contributed by atoms with Crippen LogP contribution in [0.3, 0.4) is 0 Å². The van der Waals surface area contributed by atoms with Crippen LogP contribution in [0, 0.1) is 5.82 Å². The van der Waals surface area contributed by atoms with Gasteiger partial charge in [-0.2, -0.15) is 0 Å². The molecule has 7 heteroatoms. The van der Waals surface area contributed by atoms with Gasteiger partial charge in [0.25, 0.3) is 11.8 Å². The van der Waals surface area contributed by atoms with E-state index < -0.39 is 5.91 Å². The number of nitrogens with one attached hydrogen (secondary N) is 3. The molecule has 1 heterocycles. The molecule has 3 N–H and O–H groups in total. The lowest BCUT2D eigenvalue weighted by atomic mass is 9.95. The SMILES string of the molecule is O=C(Nc1ccc(F)cc1)c1nc[nH]c1C(=O)NC1CCCCC1. The number of anilines is 1. The second-order valence-electron chi connectivity index (χ2n) is 5.90. The Morgan fingerprint density at radius 1 is 1.08 bits per heavy atom.